The number of hydrogen-bond acceptors (Lipinski definition) is 3. The second-order valence-electron chi connectivity index (χ2n) is 3.77. The Morgan fingerprint density at radius 1 is 1.47 bits per heavy atom. The van der Waals surface area contributed by atoms with E-state index in [4.69, 9.17) is 0 Å². The lowest BCUT2D eigenvalue weighted by Crippen LogP contribution is -1.89. The first-order valence-electron chi connectivity index (χ1n) is 4.76. The van der Waals surface area contributed by atoms with Gasteiger partial charge in [0, 0.05) is 5.92 Å². The molecular weight excluding hydrogens is 274 g/mol. The fourth-order valence-electron chi connectivity index (χ4n) is 1.21. The summed E-state index contributed by atoms with van der Waals surface area (Å²) in [5, 5.41) is 7.18. The van der Waals surface area contributed by atoms with Gasteiger partial charge in [-0.2, -0.15) is 5.10 Å². The average Bonchev–Trinajstić information content (AvgIpc) is 2.74. The molecule has 2 aromatic heterocycles. The van der Waals surface area contributed by atoms with E-state index in [1.54, 1.807) is 11.3 Å². The first kappa shape index (κ1) is 10.8. The Hall–Kier alpha value is -0.680. The van der Waals surface area contributed by atoms with Crippen molar-refractivity contribution in [1.29, 1.82) is 0 Å². The first-order chi connectivity index (χ1) is 7.08. The van der Waals surface area contributed by atoms with Crippen LogP contribution in [0, 0.1) is 6.92 Å². The molecule has 0 saturated heterocycles. The van der Waals surface area contributed by atoms with Crippen LogP contribution in [0.2, 0.25) is 0 Å². The minimum Gasteiger partial charge on any atom is -0.262 e. The van der Waals surface area contributed by atoms with Crippen molar-refractivity contribution in [1.82, 2.24) is 15.2 Å². The maximum atomic E-state index is 4.46. The van der Waals surface area contributed by atoms with E-state index in [1.165, 1.54) is 5.56 Å². The zero-order valence-corrected chi connectivity index (χ0v) is 11.2. The van der Waals surface area contributed by atoms with Crippen molar-refractivity contribution in [2.75, 3.05) is 0 Å². The molecule has 2 rings (SSSR count). The largest absolute Gasteiger partial charge is 0.262 e. The standard InChI is InChI=1S/C10H12BrN3S/c1-5(2)9-12-10(14-13-9)7-4-6(3)8(11)15-7/h4-5H,1-3H3,(H,12,13,14). The van der Waals surface area contributed by atoms with Crippen LogP contribution in [0.1, 0.15) is 31.2 Å². The summed E-state index contributed by atoms with van der Waals surface area (Å²) in [4.78, 5) is 5.56. The molecule has 1 N–H and O–H groups in total. The first-order valence-corrected chi connectivity index (χ1v) is 6.37. The van der Waals surface area contributed by atoms with E-state index in [2.05, 4.69) is 57.9 Å². The highest BCUT2D eigenvalue weighted by Crippen LogP contribution is 2.33. The lowest BCUT2D eigenvalue weighted by molar-refractivity contribution is 0.781. The van der Waals surface area contributed by atoms with Crippen LogP contribution in [0.5, 0.6) is 0 Å². The van der Waals surface area contributed by atoms with Crippen molar-refractivity contribution in [3.05, 3.63) is 21.2 Å². The highest BCUT2D eigenvalue weighted by atomic mass is 79.9. The fraction of sp³-hybridized carbons (Fsp3) is 0.400. The zero-order valence-electron chi connectivity index (χ0n) is 8.84. The molecule has 0 aromatic carbocycles. The topological polar surface area (TPSA) is 41.6 Å². The number of halogens is 1. The Morgan fingerprint density at radius 3 is 2.67 bits per heavy atom. The third kappa shape index (κ3) is 2.13. The molecule has 0 spiro atoms. The molecule has 2 heterocycles. The van der Waals surface area contributed by atoms with Crippen LogP contribution >= 0.6 is 27.3 Å². The Bertz CT molecular complexity index is 453. The third-order valence-corrected chi connectivity index (χ3v) is 4.26. The molecule has 0 saturated carbocycles. The van der Waals surface area contributed by atoms with Gasteiger partial charge in [-0.25, -0.2) is 4.98 Å². The quantitative estimate of drug-likeness (QED) is 0.914. The van der Waals surface area contributed by atoms with E-state index < -0.39 is 0 Å². The van der Waals surface area contributed by atoms with Gasteiger partial charge in [-0.3, -0.25) is 5.10 Å². The normalized spacial score (nSPS) is 11.3. The van der Waals surface area contributed by atoms with Gasteiger partial charge in [0.2, 0.25) is 0 Å². The van der Waals surface area contributed by atoms with Crippen LogP contribution in [0.15, 0.2) is 9.85 Å². The minimum absolute atomic E-state index is 0.385. The predicted molar refractivity (Wildman–Crippen MR) is 66.2 cm³/mol. The fourth-order valence-corrected chi connectivity index (χ4v) is 2.68. The van der Waals surface area contributed by atoms with Crippen molar-refractivity contribution < 1.29 is 0 Å². The Morgan fingerprint density at radius 2 is 2.20 bits per heavy atom. The van der Waals surface area contributed by atoms with Crippen molar-refractivity contribution in [2.24, 2.45) is 0 Å². The molecule has 0 atom stereocenters. The summed E-state index contributed by atoms with van der Waals surface area (Å²) in [5.74, 6) is 2.11. The molecule has 0 aliphatic carbocycles. The van der Waals surface area contributed by atoms with Crippen molar-refractivity contribution >= 4 is 27.3 Å². The minimum atomic E-state index is 0.385. The van der Waals surface area contributed by atoms with Crippen LogP contribution in [0.3, 0.4) is 0 Å². The van der Waals surface area contributed by atoms with Gasteiger partial charge in [0.15, 0.2) is 5.82 Å². The number of nitrogens with zero attached hydrogens (tertiary/aromatic N) is 2. The number of H-pyrrole nitrogens is 1. The summed E-state index contributed by atoms with van der Waals surface area (Å²) >= 11 is 5.17. The molecule has 0 bridgehead atoms. The van der Waals surface area contributed by atoms with Gasteiger partial charge in [-0.05, 0) is 34.5 Å². The van der Waals surface area contributed by atoms with Crippen LogP contribution in [0.4, 0.5) is 0 Å². The van der Waals surface area contributed by atoms with Crippen molar-refractivity contribution in [3.8, 4) is 10.7 Å². The molecule has 2 aromatic rings. The second-order valence-corrected chi connectivity index (χ2v) is 6.14. The smallest absolute Gasteiger partial charge is 0.191 e. The molecule has 3 nitrogen and oxygen atoms in total. The van der Waals surface area contributed by atoms with E-state index in [1.807, 2.05) is 0 Å². The summed E-state index contributed by atoms with van der Waals surface area (Å²) < 4.78 is 1.15. The van der Waals surface area contributed by atoms with Crippen LogP contribution in [0.25, 0.3) is 10.7 Å². The molecule has 0 amide bonds. The SMILES string of the molecule is Cc1cc(-c2n[nH]c(C(C)C)n2)sc1Br. The molecule has 0 fully saturated rings. The van der Waals surface area contributed by atoms with E-state index in [-0.39, 0.29) is 0 Å². The van der Waals surface area contributed by atoms with E-state index in [0.29, 0.717) is 5.92 Å². The maximum absolute atomic E-state index is 4.46. The van der Waals surface area contributed by atoms with Crippen LogP contribution < -0.4 is 0 Å². The van der Waals surface area contributed by atoms with Crippen molar-refractivity contribution in [2.45, 2.75) is 26.7 Å². The van der Waals surface area contributed by atoms with Gasteiger partial charge in [-0.1, -0.05) is 13.8 Å². The zero-order chi connectivity index (χ0) is 11.0. The number of hydrogen-bond donors (Lipinski definition) is 1. The molecule has 80 valence electrons. The van der Waals surface area contributed by atoms with Gasteiger partial charge < -0.3 is 0 Å². The number of aryl methyl sites for hydroxylation is 1. The van der Waals surface area contributed by atoms with Gasteiger partial charge in [0.1, 0.15) is 5.82 Å². The number of thiophene rings is 1. The second kappa shape index (κ2) is 4.06. The van der Waals surface area contributed by atoms with E-state index in [0.717, 1.165) is 20.3 Å². The molecule has 5 heteroatoms. The molecule has 0 aliphatic heterocycles. The summed E-state index contributed by atoms with van der Waals surface area (Å²) in [7, 11) is 0. The Balaban J connectivity index is 2.37. The Kier molecular flexibility index (Phi) is 2.93. The third-order valence-electron chi connectivity index (χ3n) is 2.13. The summed E-state index contributed by atoms with van der Waals surface area (Å²) in [6.45, 7) is 6.26. The van der Waals surface area contributed by atoms with E-state index in [9.17, 15) is 0 Å². The summed E-state index contributed by atoms with van der Waals surface area (Å²) in [6, 6.07) is 2.10. The number of nitrogens with one attached hydrogen (secondary N) is 1. The maximum Gasteiger partial charge on any atom is 0.191 e. The van der Waals surface area contributed by atoms with Crippen LogP contribution in [-0.4, -0.2) is 15.2 Å². The predicted octanol–water partition coefficient (Wildman–Crippen LogP) is 3.73. The Labute approximate surface area is 101 Å². The average molecular weight is 286 g/mol. The molecule has 0 radical (unpaired) electrons. The summed E-state index contributed by atoms with van der Waals surface area (Å²) in [5.41, 5.74) is 1.23. The number of aromatic amines is 1. The van der Waals surface area contributed by atoms with Crippen LogP contribution in [-0.2, 0) is 0 Å². The highest BCUT2D eigenvalue weighted by molar-refractivity contribution is 9.11. The van der Waals surface area contributed by atoms with Gasteiger partial charge >= 0.3 is 0 Å². The molecule has 0 aliphatic rings. The lowest BCUT2D eigenvalue weighted by atomic mass is 10.2. The number of rotatable bonds is 2. The highest BCUT2D eigenvalue weighted by Gasteiger charge is 2.11. The van der Waals surface area contributed by atoms with Gasteiger partial charge in [0.25, 0.3) is 0 Å². The molecular formula is C10H12BrN3S. The van der Waals surface area contributed by atoms with Gasteiger partial charge in [-0.15, -0.1) is 11.3 Å². The molecule has 15 heavy (non-hydrogen) atoms. The summed E-state index contributed by atoms with van der Waals surface area (Å²) in [6.07, 6.45) is 0. The monoisotopic (exact) mass is 285 g/mol. The number of aromatic nitrogens is 3. The van der Waals surface area contributed by atoms with E-state index >= 15 is 0 Å². The molecule has 0 unspecified atom stereocenters. The van der Waals surface area contributed by atoms with Crippen molar-refractivity contribution in [3.63, 3.8) is 0 Å². The lowest BCUT2D eigenvalue weighted by Gasteiger charge is -1.94. The van der Waals surface area contributed by atoms with Gasteiger partial charge in [0.05, 0.1) is 8.66 Å².